The van der Waals surface area contributed by atoms with Gasteiger partial charge in [0, 0.05) is 5.75 Å². The van der Waals surface area contributed by atoms with E-state index in [4.69, 9.17) is 10.5 Å². The van der Waals surface area contributed by atoms with E-state index in [0.29, 0.717) is 12.4 Å². The zero-order chi connectivity index (χ0) is 12.3. The first kappa shape index (κ1) is 12.6. The Labute approximate surface area is 109 Å². The highest BCUT2D eigenvalue weighted by molar-refractivity contribution is 7.99. The van der Waals surface area contributed by atoms with Gasteiger partial charge in [0.25, 0.3) is 0 Å². The Balaban J connectivity index is 1.99. The average molecular weight is 269 g/mol. The molecule has 0 saturated carbocycles. The standard InChI is InChI=1S/C11H15N3OS2/c1-7(2)15-4-6-17-11-13-9(12)8-3-5-16-10(8)14-11/h3,5,7H,4,6H2,1-2H3,(H2,12,13,14). The molecule has 2 aromatic heterocycles. The normalized spacial score (nSPS) is 11.5. The maximum Gasteiger partial charge on any atom is 0.190 e. The third-order valence-corrected chi connectivity index (χ3v) is 3.72. The molecule has 2 rings (SSSR count). The van der Waals surface area contributed by atoms with E-state index >= 15 is 0 Å². The molecule has 0 fully saturated rings. The molecule has 2 heterocycles. The Morgan fingerprint density at radius 1 is 1.47 bits per heavy atom. The fourth-order valence-electron chi connectivity index (χ4n) is 1.34. The molecule has 6 heteroatoms. The Morgan fingerprint density at radius 3 is 3.06 bits per heavy atom. The molecule has 2 aromatic rings. The maximum absolute atomic E-state index is 5.86. The van der Waals surface area contributed by atoms with Crippen molar-refractivity contribution in [3.05, 3.63) is 11.4 Å². The van der Waals surface area contributed by atoms with Crippen LogP contribution in [0.3, 0.4) is 0 Å². The molecule has 92 valence electrons. The quantitative estimate of drug-likeness (QED) is 0.514. The van der Waals surface area contributed by atoms with Crippen LogP contribution in [0.4, 0.5) is 5.82 Å². The highest BCUT2D eigenvalue weighted by Crippen LogP contribution is 2.26. The van der Waals surface area contributed by atoms with Crippen molar-refractivity contribution in [2.45, 2.75) is 25.1 Å². The summed E-state index contributed by atoms with van der Waals surface area (Å²) in [7, 11) is 0. The summed E-state index contributed by atoms with van der Waals surface area (Å²) < 4.78 is 5.46. The first-order chi connectivity index (χ1) is 8.16. The van der Waals surface area contributed by atoms with Crippen LogP contribution < -0.4 is 5.73 Å². The van der Waals surface area contributed by atoms with Crippen LogP contribution in [0, 0.1) is 0 Å². The lowest BCUT2D eigenvalue weighted by atomic mass is 10.4. The van der Waals surface area contributed by atoms with Crippen molar-refractivity contribution in [1.29, 1.82) is 0 Å². The van der Waals surface area contributed by atoms with Gasteiger partial charge in [-0.25, -0.2) is 9.97 Å². The van der Waals surface area contributed by atoms with Crippen molar-refractivity contribution in [3.63, 3.8) is 0 Å². The third kappa shape index (κ3) is 3.31. The molecule has 0 saturated heterocycles. The molecular formula is C11H15N3OS2. The molecule has 0 radical (unpaired) electrons. The van der Waals surface area contributed by atoms with Gasteiger partial charge in [-0.1, -0.05) is 11.8 Å². The van der Waals surface area contributed by atoms with Crippen LogP contribution >= 0.6 is 23.1 Å². The van der Waals surface area contributed by atoms with E-state index in [2.05, 4.69) is 9.97 Å². The summed E-state index contributed by atoms with van der Waals surface area (Å²) >= 11 is 3.16. The number of hydrogen-bond acceptors (Lipinski definition) is 6. The molecule has 0 aliphatic heterocycles. The van der Waals surface area contributed by atoms with Gasteiger partial charge in [0.05, 0.1) is 18.1 Å². The second-order valence-corrected chi connectivity index (χ2v) is 5.76. The number of nitrogens with two attached hydrogens (primary N) is 1. The maximum atomic E-state index is 5.86. The van der Waals surface area contributed by atoms with Gasteiger partial charge in [-0.15, -0.1) is 11.3 Å². The Kier molecular flexibility index (Phi) is 4.20. The number of nitrogens with zero attached hydrogens (tertiary/aromatic N) is 2. The number of rotatable bonds is 5. The Hall–Kier alpha value is -0.850. The summed E-state index contributed by atoms with van der Waals surface area (Å²) in [6.45, 7) is 4.75. The van der Waals surface area contributed by atoms with Gasteiger partial charge in [-0.2, -0.15) is 0 Å². The Bertz CT molecular complexity index is 498. The zero-order valence-corrected chi connectivity index (χ0v) is 11.5. The molecule has 0 atom stereocenters. The fraction of sp³-hybridized carbons (Fsp3) is 0.455. The predicted octanol–water partition coefficient (Wildman–Crippen LogP) is 2.79. The number of anilines is 1. The molecule has 0 aliphatic carbocycles. The number of hydrogen-bond donors (Lipinski definition) is 1. The molecule has 0 aromatic carbocycles. The van der Waals surface area contributed by atoms with Crippen LogP contribution in [-0.2, 0) is 4.74 Å². The second-order valence-electron chi connectivity index (χ2n) is 3.80. The van der Waals surface area contributed by atoms with E-state index in [-0.39, 0.29) is 6.10 Å². The van der Waals surface area contributed by atoms with E-state index in [1.807, 2.05) is 25.3 Å². The summed E-state index contributed by atoms with van der Waals surface area (Å²) in [5.41, 5.74) is 5.86. The van der Waals surface area contributed by atoms with Crippen molar-refractivity contribution in [3.8, 4) is 0 Å². The summed E-state index contributed by atoms with van der Waals surface area (Å²) in [6.07, 6.45) is 0.265. The molecule has 4 nitrogen and oxygen atoms in total. The van der Waals surface area contributed by atoms with Gasteiger partial charge in [0.1, 0.15) is 10.6 Å². The van der Waals surface area contributed by atoms with Crippen molar-refractivity contribution >= 4 is 39.1 Å². The summed E-state index contributed by atoms with van der Waals surface area (Å²) in [4.78, 5) is 9.67. The molecular weight excluding hydrogens is 254 g/mol. The number of aromatic nitrogens is 2. The lowest BCUT2D eigenvalue weighted by molar-refractivity contribution is 0.0920. The van der Waals surface area contributed by atoms with Crippen molar-refractivity contribution in [1.82, 2.24) is 9.97 Å². The SMILES string of the molecule is CC(C)OCCSc1nc(N)c2ccsc2n1. The van der Waals surface area contributed by atoms with Crippen molar-refractivity contribution in [2.75, 3.05) is 18.1 Å². The van der Waals surface area contributed by atoms with E-state index in [1.165, 1.54) is 0 Å². The summed E-state index contributed by atoms with van der Waals surface area (Å²) in [6, 6.07) is 1.95. The minimum atomic E-state index is 0.265. The van der Waals surface area contributed by atoms with Crippen LogP contribution in [0.2, 0.25) is 0 Å². The van der Waals surface area contributed by atoms with Gasteiger partial charge < -0.3 is 10.5 Å². The molecule has 0 aliphatic rings. The number of nitrogen functional groups attached to an aromatic ring is 1. The second kappa shape index (κ2) is 5.66. The minimum Gasteiger partial charge on any atom is -0.383 e. The summed E-state index contributed by atoms with van der Waals surface area (Å²) in [5.74, 6) is 1.40. The smallest absolute Gasteiger partial charge is 0.190 e. The van der Waals surface area contributed by atoms with Crippen molar-refractivity contribution < 1.29 is 4.74 Å². The van der Waals surface area contributed by atoms with Crippen LogP contribution in [0.15, 0.2) is 16.6 Å². The van der Waals surface area contributed by atoms with Gasteiger partial charge in [-0.3, -0.25) is 0 Å². The Morgan fingerprint density at radius 2 is 2.29 bits per heavy atom. The number of thiophene rings is 1. The lowest BCUT2D eigenvalue weighted by Gasteiger charge is -2.06. The minimum absolute atomic E-state index is 0.265. The topological polar surface area (TPSA) is 61.0 Å². The molecule has 0 bridgehead atoms. The molecule has 0 unspecified atom stereocenters. The lowest BCUT2D eigenvalue weighted by Crippen LogP contribution is -2.06. The van der Waals surface area contributed by atoms with E-state index in [0.717, 1.165) is 21.1 Å². The predicted molar refractivity (Wildman–Crippen MR) is 73.6 cm³/mol. The zero-order valence-electron chi connectivity index (χ0n) is 9.84. The van der Waals surface area contributed by atoms with E-state index < -0.39 is 0 Å². The molecule has 0 amide bonds. The van der Waals surface area contributed by atoms with Gasteiger partial charge in [0.2, 0.25) is 0 Å². The van der Waals surface area contributed by atoms with Crippen LogP contribution in [0.5, 0.6) is 0 Å². The largest absolute Gasteiger partial charge is 0.383 e. The van der Waals surface area contributed by atoms with E-state index in [1.54, 1.807) is 23.1 Å². The molecule has 2 N–H and O–H groups in total. The number of ether oxygens (including phenoxy) is 1. The van der Waals surface area contributed by atoms with E-state index in [9.17, 15) is 0 Å². The van der Waals surface area contributed by atoms with Crippen molar-refractivity contribution in [2.24, 2.45) is 0 Å². The average Bonchev–Trinajstić information content (AvgIpc) is 2.72. The molecule has 17 heavy (non-hydrogen) atoms. The van der Waals surface area contributed by atoms with Gasteiger partial charge >= 0.3 is 0 Å². The first-order valence-corrected chi connectivity index (χ1v) is 7.28. The van der Waals surface area contributed by atoms with Gasteiger partial charge in [0.15, 0.2) is 5.16 Å². The van der Waals surface area contributed by atoms with Crippen LogP contribution in [0.25, 0.3) is 10.2 Å². The monoisotopic (exact) mass is 269 g/mol. The summed E-state index contributed by atoms with van der Waals surface area (Å²) in [5, 5.41) is 3.65. The fourth-order valence-corrected chi connectivity index (χ4v) is 2.85. The first-order valence-electron chi connectivity index (χ1n) is 5.42. The highest BCUT2D eigenvalue weighted by atomic mass is 32.2. The highest BCUT2D eigenvalue weighted by Gasteiger charge is 2.06. The van der Waals surface area contributed by atoms with Crippen LogP contribution in [0.1, 0.15) is 13.8 Å². The third-order valence-electron chi connectivity index (χ3n) is 2.10. The molecule has 0 spiro atoms. The number of fused-ring (bicyclic) bond motifs is 1. The van der Waals surface area contributed by atoms with Crippen LogP contribution in [-0.4, -0.2) is 28.4 Å². The van der Waals surface area contributed by atoms with Gasteiger partial charge in [-0.05, 0) is 25.3 Å². The number of thioether (sulfide) groups is 1.